The highest BCUT2D eigenvalue weighted by Crippen LogP contribution is 2.25. The molecular formula is C20H15ClN2O5S. The first-order valence-corrected chi connectivity index (χ1v) is 10.1. The van der Waals surface area contributed by atoms with E-state index in [1.165, 1.54) is 54.6 Å². The van der Waals surface area contributed by atoms with Crippen LogP contribution in [-0.2, 0) is 10.0 Å². The molecule has 7 nitrogen and oxygen atoms in total. The van der Waals surface area contributed by atoms with Gasteiger partial charge in [0.25, 0.3) is 15.9 Å². The number of sulfonamides is 1. The molecule has 0 aliphatic carbocycles. The topological polar surface area (TPSA) is 113 Å². The molecule has 148 valence electrons. The van der Waals surface area contributed by atoms with Gasteiger partial charge in [0, 0.05) is 10.7 Å². The van der Waals surface area contributed by atoms with E-state index in [2.05, 4.69) is 10.0 Å². The average molecular weight is 431 g/mol. The molecule has 0 atom stereocenters. The van der Waals surface area contributed by atoms with Gasteiger partial charge in [0.2, 0.25) is 0 Å². The van der Waals surface area contributed by atoms with Crippen LogP contribution in [0.5, 0.6) is 0 Å². The van der Waals surface area contributed by atoms with Gasteiger partial charge < -0.3 is 10.4 Å². The Morgan fingerprint density at radius 1 is 0.897 bits per heavy atom. The van der Waals surface area contributed by atoms with Crippen molar-refractivity contribution in [2.75, 3.05) is 10.0 Å². The van der Waals surface area contributed by atoms with Crippen LogP contribution in [0.15, 0.2) is 77.7 Å². The number of amides is 1. The number of rotatable bonds is 6. The van der Waals surface area contributed by atoms with Crippen molar-refractivity contribution < 1.29 is 23.1 Å². The summed E-state index contributed by atoms with van der Waals surface area (Å²) in [5, 5.41) is 11.9. The van der Waals surface area contributed by atoms with E-state index in [1.54, 1.807) is 18.2 Å². The number of carbonyl (C=O) groups excluding carboxylic acids is 1. The molecule has 0 heterocycles. The predicted molar refractivity (Wildman–Crippen MR) is 110 cm³/mol. The SMILES string of the molecule is O=C(O)c1cccc(NC(=O)c2cc(Cl)ccc2NS(=O)(=O)c2ccccc2)c1. The zero-order chi connectivity index (χ0) is 21.0. The molecule has 0 saturated heterocycles. The monoisotopic (exact) mass is 430 g/mol. The van der Waals surface area contributed by atoms with Gasteiger partial charge in [-0.05, 0) is 48.5 Å². The number of hydrogen-bond acceptors (Lipinski definition) is 4. The second kappa shape index (κ2) is 8.34. The van der Waals surface area contributed by atoms with Crippen LogP contribution in [-0.4, -0.2) is 25.4 Å². The van der Waals surface area contributed by atoms with Crippen LogP contribution in [0.3, 0.4) is 0 Å². The van der Waals surface area contributed by atoms with Crippen LogP contribution in [0, 0.1) is 0 Å². The van der Waals surface area contributed by atoms with E-state index in [4.69, 9.17) is 16.7 Å². The summed E-state index contributed by atoms with van der Waals surface area (Å²) in [6, 6.07) is 17.5. The van der Waals surface area contributed by atoms with E-state index in [9.17, 15) is 18.0 Å². The van der Waals surface area contributed by atoms with Crippen molar-refractivity contribution in [3.8, 4) is 0 Å². The molecule has 9 heteroatoms. The molecule has 0 aliphatic rings. The summed E-state index contributed by atoms with van der Waals surface area (Å²) in [5.41, 5.74) is 0.258. The molecule has 0 bridgehead atoms. The van der Waals surface area contributed by atoms with Gasteiger partial charge >= 0.3 is 5.97 Å². The van der Waals surface area contributed by atoms with Gasteiger partial charge in [-0.1, -0.05) is 35.9 Å². The van der Waals surface area contributed by atoms with Crippen LogP contribution in [0.4, 0.5) is 11.4 Å². The lowest BCUT2D eigenvalue weighted by atomic mass is 10.1. The quantitative estimate of drug-likeness (QED) is 0.545. The van der Waals surface area contributed by atoms with Crippen molar-refractivity contribution in [3.05, 3.63) is 88.9 Å². The Bertz CT molecular complexity index is 1180. The molecule has 0 spiro atoms. The molecule has 0 radical (unpaired) electrons. The van der Waals surface area contributed by atoms with Crippen molar-refractivity contribution in [1.82, 2.24) is 0 Å². The van der Waals surface area contributed by atoms with E-state index in [1.807, 2.05) is 0 Å². The van der Waals surface area contributed by atoms with Crippen molar-refractivity contribution in [2.24, 2.45) is 0 Å². The van der Waals surface area contributed by atoms with Gasteiger partial charge in [0.1, 0.15) is 0 Å². The van der Waals surface area contributed by atoms with Gasteiger partial charge in [0.15, 0.2) is 0 Å². The van der Waals surface area contributed by atoms with Crippen molar-refractivity contribution >= 4 is 44.9 Å². The van der Waals surface area contributed by atoms with E-state index in [0.717, 1.165) is 0 Å². The van der Waals surface area contributed by atoms with Gasteiger partial charge in [-0.3, -0.25) is 9.52 Å². The number of carbonyl (C=O) groups is 2. The summed E-state index contributed by atoms with van der Waals surface area (Å²) in [4.78, 5) is 23.9. The molecule has 0 unspecified atom stereocenters. The average Bonchev–Trinajstić information content (AvgIpc) is 2.70. The zero-order valence-electron chi connectivity index (χ0n) is 14.8. The largest absolute Gasteiger partial charge is 0.478 e. The Balaban J connectivity index is 1.92. The Kier molecular flexibility index (Phi) is 5.86. The molecule has 0 aromatic heterocycles. The van der Waals surface area contributed by atoms with Gasteiger partial charge in [0.05, 0.1) is 21.7 Å². The fraction of sp³-hybridized carbons (Fsp3) is 0. The van der Waals surface area contributed by atoms with E-state index in [-0.39, 0.29) is 32.4 Å². The molecule has 1 amide bonds. The Hall–Kier alpha value is -3.36. The molecular weight excluding hydrogens is 416 g/mol. The summed E-state index contributed by atoms with van der Waals surface area (Å²) in [6.45, 7) is 0. The second-order valence-electron chi connectivity index (χ2n) is 5.95. The lowest BCUT2D eigenvalue weighted by Gasteiger charge is -2.13. The number of benzene rings is 3. The maximum absolute atomic E-state index is 12.7. The van der Waals surface area contributed by atoms with E-state index >= 15 is 0 Å². The lowest BCUT2D eigenvalue weighted by Crippen LogP contribution is -2.18. The van der Waals surface area contributed by atoms with E-state index < -0.39 is 21.9 Å². The molecule has 3 rings (SSSR count). The summed E-state index contributed by atoms with van der Waals surface area (Å²) >= 11 is 5.98. The summed E-state index contributed by atoms with van der Waals surface area (Å²) in [7, 11) is -3.92. The molecule has 3 aromatic carbocycles. The standard InChI is InChI=1S/C20H15ClN2O5S/c21-14-9-10-18(23-29(27,28)16-7-2-1-3-8-16)17(12-14)19(24)22-15-6-4-5-13(11-15)20(25)26/h1-12,23H,(H,22,24)(H,25,26). The maximum atomic E-state index is 12.7. The highest BCUT2D eigenvalue weighted by molar-refractivity contribution is 7.92. The van der Waals surface area contributed by atoms with Crippen LogP contribution in [0.2, 0.25) is 5.02 Å². The number of anilines is 2. The first-order valence-electron chi connectivity index (χ1n) is 8.28. The van der Waals surface area contributed by atoms with Crippen LogP contribution in [0.25, 0.3) is 0 Å². The predicted octanol–water partition coefficient (Wildman–Crippen LogP) is 4.09. The van der Waals surface area contributed by atoms with Crippen molar-refractivity contribution in [3.63, 3.8) is 0 Å². The van der Waals surface area contributed by atoms with Gasteiger partial charge in [-0.2, -0.15) is 0 Å². The third kappa shape index (κ3) is 4.92. The number of aromatic carboxylic acids is 1. The van der Waals surface area contributed by atoms with Crippen LogP contribution in [0.1, 0.15) is 20.7 Å². The third-order valence-corrected chi connectivity index (χ3v) is 5.51. The molecule has 0 saturated carbocycles. The summed E-state index contributed by atoms with van der Waals surface area (Å²) in [5.74, 6) is -1.79. The zero-order valence-corrected chi connectivity index (χ0v) is 16.4. The minimum Gasteiger partial charge on any atom is -0.478 e. The lowest BCUT2D eigenvalue weighted by molar-refractivity contribution is 0.0696. The number of hydrogen-bond donors (Lipinski definition) is 3. The fourth-order valence-electron chi connectivity index (χ4n) is 2.53. The highest BCUT2D eigenvalue weighted by Gasteiger charge is 2.19. The molecule has 3 N–H and O–H groups in total. The van der Waals surface area contributed by atoms with Gasteiger partial charge in [-0.15, -0.1) is 0 Å². The number of nitrogens with one attached hydrogen (secondary N) is 2. The normalized spacial score (nSPS) is 10.9. The van der Waals surface area contributed by atoms with Crippen molar-refractivity contribution in [2.45, 2.75) is 4.90 Å². The smallest absolute Gasteiger partial charge is 0.335 e. The van der Waals surface area contributed by atoms with E-state index in [0.29, 0.717) is 0 Å². The fourth-order valence-corrected chi connectivity index (χ4v) is 3.80. The Morgan fingerprint density at radius 2 is 1.62 bits per heavy atom. The first kappa shape index (κ1) is 20.4. The number of carboxylic acid groups (broad SMARTS) is 1. The molecule has 0 aliphatic heterocycles. The Morgan fingerprint density at radius 3 is 2.31 bits per heavy atom. The van der Waals surface area contributed by atoms with Crippen LogP contribution < -0.4 is 10.0 Å². The highest BCUT2D eigenvalue weighted by atomic mass is 35.5. The maximum Gasteiger partial charge on any atom is 0.335 e. The minimum absolute atomic E-state index is 0.00102. The third-order valence-electron chi connectivity index (χ3n) is 3.89. The first-order chi connectivity index (χ1) is 13.8. The Labute approximate surface area is 172 Å². The number of carboxylic acids is 1. The molecule has 0 fully saturated rings. The second-order valence-corrected chi connectivity index (χ2v) is 8.07. The van der Waals surface area contributed by atoms with Gasteiger partial charge in [-0.25, -0.2) is 13.2 Å². The minimum atomic E-state index is -3.92. The number of halogens is 1. The van der Waals surface area contributed by atoms with Crippen molar-refractivity contribution in [1.29, 1.82) is 0 Å². The molecule has 29 heavy (non-hydrogen) atoms. The summed E-state index contributed by atoms with van der Waals surface area (Å²) in [6.07, 6.45) is 0. The summed E-state index contributed by atoms with van der Waals surface area (Å²) < 4.78 is 27.6. The molecule has 3 aromatic rings. The van der Waals surface area contributed by atoms with Crippen LogP contribution >= 0.6 is 11.6 Å².